The minimum Gasteiger partial charge on any atom is -0.352 e. The molecule has 0 aliphatic rings. The Morgan fingerprint density at radius 3 is 2.27 bits per heavy atom. The van der Waals surface area contributed by atoms with Gasteiger partial charge in [0.1, 0.15) is 0 Å². The number of benzene rings is 2. The summed E-state index contributed by atoms with van der Waals surface area (Å²) in [7, 11) is 0. The molecule has 3 rings (SSSR count). The number of rotatable bonds is 8. The van der Waals surface area contributed by atoms with Crippen molar-refractivity contribution in [1.82, 2.24) is 20.4 Å². The summed E-state index contributed by atoms with van der Waals surface area (Å²) < 4.78 is 1.97. The van der Waals surface area contributed by atoms with E-state index < -0.39 is 0 Å². The van der Waals surface area contributed by atoms with Crippen LogP contribution in [0.5, 0.6) is 0 Å². The standard InChI is InChI=1S/C24H28N4O2/c1-17-22(18(2)28(27-17)16-20-10-6-4-7-11-20)15-25-24(30)14-23(26-19(3)29)21-12-8-5-9-13-21/h4-13,23H,14-16H2,1-3H3,(H,25,30)(H,26,29). The van der Waals surface area contributed by atoms with Gasteiger partial charge >= 0.3 is 0 Å². The Morgan fingerprint density at radius 2 is 1.63 bits per heavy atom. The number of carbonyl (C=O) groups excluding carboxylic acids is 2. The van der Waals surface area contributed by atoms with Crippen LogP contribution in [-0.2, 0) is 22.7 Å². The molecule has 1 heterocycles. The van der Waals surface area contributed by atoms with Crippen LogP contribution in [0.3, 0.4) is 0 Å². The SMILES string of the molecule is CC(=O)NC(CC(=O)NCc1c(C)nn(Cc2ccccc2)c1C)c1ccccc1. The smallest absolute Gasteiger partial charge is 0.222 e. The van der Waals surface area contributed by atoms with Gasteiger partial charge in [-0.15, -0.1) is 0 Å². The van der Waals surface area contributed by atoms with E-state index in [0.29, 0.717) is 13.1 Å². The minimum absolute atomic E-state index is 0.118. The van der Waals surface area contributed by atoms with E-state index in [1.807, 2.05) is 67.1 Å². The first-order valence-corrected chi connectivity index (χ1v) is 10.1. The van der Waals surface area contributed by atoms with Crippen molar-refractivity contribution in [3.63, 3.8) is 0 Å². The summed E-state index contributed by atoms with van der Waals surface area (Å²) in [6.07, 6.45) is 0.180. The molecule has 6 heteroatoms. The number of carbonyl (C=O) groups is 2. The lowest BCUT2D eigenvalue weighted by Gasteiger charge is -2.18. The van der Waals surface area contributed by atoms with Crippen molar-refractivity contribution in [1.29, 1.82) is 0 Å². The average Bonchev–Trinajstić information content (AvgIpc) is 2.99. The molecule has 0 aliphatic carbocycles. The Kier molecular flexibility index (Phi) is 7.01. The van der Waals surface area contributed by atoms with E-state index in [2.05, 4.69) is 27.9 Å². The highest BCUT2D eigenvalue weighted by Crippen LogP contribution is 2.18. The van der Waals surface area contributed by atoms with E-state index >= 15 is 0 Å². The molecule has 0 spiro atoms. The second kappa shape index (κ2) is 9.87. The van der Waals surface area contributed by atoms with E-state index in [1.54, 1.807) is 0 Å². The Hall–Kier alpha value is -3.41. The molecule has 30 heavy (non-hydrogen) atoms. The topological polar surface area (TPSA) is 76.0 Å². The summed E-state index contributed by atoms with van der Waals surface area (Å²) in [6, 6.07) is 19.3. The zero-order chi connectivity index (χ0) is 21.5. The van der Waals surface area contributed by atoms with Crippen molar-refractivity contribution < 1.29 is 9.59 Å². The van der Waals surface area contributed by atoms with Gasteiger partial charge in [-0.05, 0) is 25.0 Å². The van der Waals surface area contributed by atoms with Crippen LogP contribution < -0.4 is 10.6 Å². The summed E-state index contributed by atoms with van der Waals surface area (Å²) >= 11 is 0. The van der Waals surface area contributed by atoms with Gasteiger partial charge in [0, 0.05) is 24.7 Å². The minimum atomic E-state index is -0.355. The Balaban J connectivity index is 1.64. The Labute approximate surface area is 177 Å². The lowest BCUT2D eigenvalue weighted by molar-refractivity contribution is -0.122. The molecule has 2 N–H and O–H groups in total. The first-order chi connectivity index (χ1) is 14.4. The van der Waals surface area contributed by atoms with Crippen LogP contribution in [0.4, 0.5) is 0 Å². The highest BCUT2D eigenvalue weighted by Gasteiger charge is 2.18. The van der Waals surface area contributed by atoms with Crippen molar-refractivity contribution in [2.24, 2.45) is 0 Å². The fraction of sp³-hybridized carbons (Fsp3) is 0.292. The molecule has 0 radical (unpaired) electrons. The van der Waals surface area contributed by atoms with Crippen LogP contribution in [0.25, 0.3) is 0 Å². The highest BCUT2D eigenvalue weighted by atomic mass is 16.2. The van der Waals surface area contributed by atoms with E-state index in [-0.39, 0.29) is 24.3 Å². The normalized spacial score (nSPS) is 11.7. The molecular weight excluding hydrogens is 376 g/mol. The maximum atomic E-state index is 12.6. The maximum Gasteiger partial charge on any atom is 0.222 e. The predicted octanol–water partition coefficient (Wildman–Crippen LogP) is 3.43. The number of hydrogen-bond acceptors (Lipinski definition) is 3. The van der Waals surface area contributed by atoms with Gasteiger partial charge < -0.3 is 10.6 Å². The van der Waals surface area contributed by atoms with Crippen LogP contribution in [0, 0.1) is 13.8 Å². The molecule has 2 aromatic carbocycles. The van der Waals surface area contributed by atoms with Crippen LogP contribution in [0.2, 0.25) is 0 Å². The van der Waals surface area contributed by atoms with E-state index in [9.17, 15) is 9.59 Å². The van der Waals surface area contributed by atoms with Gasteiger partial charge in [-0.25, -0.2) is 0 Å². The molecule has 0 saturated carbocycles. The van der Waals surface area contributed by atoms with Crippen LogP contribution in [0.15, 0.2) is 60.7 Å². The molecular formula is C24H28N4O2. The van der Waals surface area contributed by atoms with Gasteiger partial charge in [-0.1, -0.05) is 60.7 Å². The van der Waals surface area contributed by atoms with E-state index in [1.165, 1.54) is 12.5 Å². The molecule has 2 amide bonds. The third-order valence-corrected chi connectivity index (χ3v) is 5.14. The summed E-state index contributed by atoms with van der Waals surface area (Å²) in [5, 5.41) is 10.5. The molecule has 1 unspecified atom stereocenters. The number of nitrogens with one attached hydrogen (secondary N) is 2. The third-order valence-electron chi connectivity index (χ3n) is 5.14. The second-order valence-corrected chi connectivity index (χ2v) is 7.44. The van der Waals surface area contributed by atoms with Gasteiger partial charge in [0.15, 0.2) is 0 Å². The van der Waals surface area contributed by atoms with E-state index in [0.717, 1.165) is 22.5 Å². The molecule has 1 aromatic heterocycles. The molecule has 0 aliphatic heterocycles. The first-order valence-electron chi connectivity index (χ1n) is 10.1. The number of nitrogens with zero attached hydrogens (tertiary/aromatic N) is 2. The van der Waals surface area contributed by atoms with Crippen molar-refractivity contribution >= 4 is 11.8 Å². The maximum absolute atomic E-state index is 12.6. The summed E-state index contributed by atoms with van der Waals surface area (Å²) in [4.78, 5) is 24.2. The first kappa shape index (κ1) is 21.3. The number of hydrogen-bond donors (Lipinski definition) is 2. The zero-order valence-electron chi connectivity index (χ0n) is 17.7. The van der Waals surface area contributed by atoms with Crippen molar-refractivity contribution in [2.45, 2.75) is 46.3 Å². The second-order valence-electron chi connectivity index (χ2n) is 7.44. The fourth-order valence-corrected chi connectivity index (χ4v) is 3.53. The lowest BCUT2D eigenvalue weighted by Crippen LogP contribution is -2.32. The van der Waals surface area contributed by atoms with Crippen molar-refractivity contribution in [3.8, 4) is 0 Å². The van der Waals surface area contributed by atoms with Crippen LogP contribution in [-0.4, -0.2) is 21.6 Å². The van der Waals surface area contributed by atoms with Gasteiger partial charge in [0.25, 0.3) is 0 Å². The van der Waals surface area contributed by atoms with Gasteiger partial charge in [0.2, 0.25) is 11.8 Å². The van der Waals surface area contributed by atoms with E-state index in [4.69, 9.17) is 0 Å². The monoisotopic (exact) mass is 404 g/mol. The largest absolute Gasteiger partial charge is 0.352 e. The molecule has 3 aromatic rings. The molecule has 0 fully saturated rings. The molecule has 1 atom stereocenters. The fourth-order valence-electron chi connectivity index (χ4n) is 3.53. The summed E-state index contributed by atoms with van der Waals surface area (Å²) in [5.74, 6) is -0.280. The molecule has 156 valence electrons. The van der Waals surface area contributed by atoms with Crippen molar-refractivity contribution in [2.75, 3.05) is 0 Å². The number of aryl methyl sites for hydroxylation is 1. The Morgan fingerprint density at radius 1 is 1.00 bits per heavy atom. The third kappa shape index (κ3) is 5.56. The molecule has 0 saturated heterocycles. The van der Waals surface area contributed by atoms with Gasteiger partial charge in [-0.2, -0.15) is 5.10 Å². The predicted molar refractivity (Wildman–Crippen MR) is 117 cm³/mol. The zero-order valence-corrected chi connectivity index (χ0v) is 17.7. The number of amides is 2. The van der Waals surface area contributed by atoms with Gasteiger partial charge in [0.05, 0.1) is 24.7 Å². The molecule has 0 bridgehead atoms. The quantitative estimate of drug-likeness (QED) is 0.604. The number of aromatic nitrogens is 2. The average molecular weight is 405 g/mol. The summed E-state index contributed by atoms with van der Waals surface area (Å²) in [6.45, 7) is 6.54. The Bertz CT molecular complexity index is 997. The molecule has 6 nitrogen and oxygen atoms in total. The van der Waals surface area contributed by atoms with Crippen LogP contribution in [0.1, 0.15) is 47.5 Å². The van der Waals surface area contributed by atoms with Gasteiger partial charge in [-0.3, -0.25) is 14.3 Å². The lowest BCUT2D eigenvalue weighted by atomic mass is 10.0. The van der Waals surface area contributed by atoms with Crippen LogP contribution >= 0.6 is 0 Å². The van der Waals surface area contributed by atoms with Crippen molar-refractivity contribution in [3.05, 3.63) is 88.7 Å². The highest BCUT2D eigenvalue weighted by molar-refractivity contribution is 5.79. The summed E-state index contributed by atoms with van der Waals surface area (Å²) in [5.41, 5.74) is 5.06.